The first-order valence-electron chi connectivity index (χ1n) is 7.13. The molecule has 0 aliphatic rings. The van der Waals surface area contributed by atoms with Crippen molar-refractivity contribution in [2.45, 2.75) is 6.92 Å². The SMILES string of the molecule is CCOc1ccccc1NC(=O)OCCOc1ccccc1. The molecule has 1 amide bonds. The molecule has 1 N–H and O–H groups in total. The van der Waals surface area contributed by atoms with E-state index in [1.807, 2.05) is 49.4 Å². The Morgan fingerprint density at radius 2 is 1.68 bits per heavy atom. The summed E-state index contributed by atoms with van der Waals surface area (Å²) in [5.74, 6) is 1.36. The number of nitrogens with one attached hydrogen (secondary N) is 1. The minimum Gasteiger partial charge on any atom is -0.492 e. The van der Waals surface area contributed by atoms with E-state index in [-0.39, 0.29) is 6.61 Å². The molecular weight excluding hydrogens is 282 g/mol. The van der Waals surface area contributed by atoms with Crippen molar-refractivity contribution < 1.29 is 19.0 Å². The van der Waals surface area contributed by atoms with Crippen molar-refractivity contribution in [1.29, 1.82) is 0 Å². The molecule has 22 heavy (non-hydrogen) atoms. The fraction of sp³-hybridized carbons (Fsp3) is 0.235. The van der Waals surface area contributed by atoms with Gasteiger partial charge in [0.1, 0.15) is 24.7 Å². The predicted octanol–water partition coefficient (Wildman–Crippen LogP) is 3.71. The third-order valence-electron chi connectivity index (χ3n) is 2.75. The van der Waals surface area contributed by atoms with Crippen LogP contribution in [0.1, 0.15) is 6.92 Å². The number of amides is 1. The number of para-hydroxylation sites is 3. The second-order valence-electron chi connectivity index (χ2n) is 4.35. The largest absolute Gasteiger partial charge is 0.492 e. The van der Waals surface area contributed by atoms with Crippen LogP contribution in [0, 0.1) is 0 Å². The first kappa shape index (κ1) is 15.7. The van der Waals surface area contributed by atoms with E-state index in [9.17, 15) is 4.79 Å². The zero-order chi connectivity index (χ0) is 15.6. The maximum absolute atomic E-state index is 11.7. The van der Waals surface area contributed by atoms with Crippen molar-refractivity contribution in [3.63, 3.8) is 0 Å². The van der Waals surface area contributed by atoms with Crippen LogP contribution in [-0.2, 0) is 4.74 Å². The van der Waals surface area contributed by atoms with E-state index in [4.69, 9.17) is 14.2 Å². The van der Waals surface area contributed by atoms with Gasteiger partial charge >= 0.3 is 6.09 Å². The van der Waals surface area contributed by atoms with Gasteiger partial charge in [-0.1, -0.05) is 30.3 Å². The summed E-state index contributed by atoms with van der Waals surface area (Å²) < 4.78 is 15.9. The molecule has 0 aliphatic heterocycles. The minimum absolute atomic E-state index is 0.164. The third-order valence-corrected chi connectivity index (χ3v) is 2.75. The average Bonchev–Trinajstić information content (AvgIpc) is 2.55. The van der Waals surface area contributed by atoms with Gasteiger partial charge in [0, 0.05) is 0 Å². The molecular formula is C17H19NO4. The number of carbonyl (C=O) groups is 1. The molecule has 0 aromatic heterocycles. The molecule has 2 rings (SSSR count). The van der Waals surface area contributed by atoms with Crippen LogP contribution in [0.3, 0.4) is 0 Å². The molecule has 0 saturated carbocycles. The van der Waals surface area contributed by atoms with Crippen LogP contribution >= 0.6 is 0 Å². The van der Waals surface area contributed by atoms with Crippen molar-refractivity contribution in [3.8, 4) is 11.5 Å². The van der Waals surface area contributed by atoms with Gasteiger partial charge in [-0.3, -0.25) is 5.32 Å². The van der Waals surface area contributed by atoms with Crippen LogP contribution in [0.4, 0.5) is 10.5 Å². The number of carbonyl (C=O) groups excluding carboxylic acids is 1. The number of rotatable bonds is 7. The lowest BCUT2D eigenvalue weighted by Gasteiger charge is -2.11. The molecule has 0 unspecified atom stereocenters. The van der Waals surface area contributed by atoms with Crippen molar-refractivity contribution in [3.05, 3.63) is 54.6 Å². The maximum atomic E-state index is 11.7. The first-order valence-corrected chi connectivity index (χ1v) is 7.13. The van der Waals surface area contributed by atoms with Crippen LogP contribution in [0.25, 0.3) is 0 Å². The van der Waals surface area contributed by atoms with Crippen LogP contribution in [0.2, 0.25) is 0 Å². The predicted molar refractivity (Wildman–Crippen MR) is 84.5 cm³/mol. The second kappa shape index (κ2) is 8.56. The number of anilines is 1. The van der Waals surface area contributed by atoms with Gasteiger partial charge in [-0.15, -0.1) is 0 Å². The Morgan fingerprint density at radius 1 is 0.955 bits per heavy atom. The summed E-state index contributed by atoms with van der Waals surface area (Å²) in [7, 11) is 0. The fourth-order valence-corrected chi connectivity index (χ4v) is 1.81. The van der Waals surface area contributed by atoms with Crippen LogP contribution < -0.4 is 14.8 Å². The molecule has 5 heteroatoms. The number of hydrogen-bond donors (Lipinski definition) is 1. The summed E-state index contributed by atoms with van der Waals surface area (Å²) in [6, 6.07) is 16.6. The summed E-state index contributed by atoms with van der Waals surface area (Å²) >= 11 is 0. The van der Waals surface area contributed by atoms with Gasteiger partial charge < -0.3 is 14.2 Å². The monoisotopic (exact) mass is 301 g/mol. The molecule has 0 spiro atoms. The van der Waals surface area contributed by atoms with E-state index >= 15 is 0 Å². The summed E-state index contributed by atoms with van der Waals surface area (Å²) in [5, 5.41) is 2.65. The van der Waals surface area contributed by atoms with E-state index in [1.54, 1.807) is 12.1 Å². The van der Waals surface area contributed by atoms with Gasteiger partial charge in [0.25, 0.3) is 0 Å². The quantitative estimate of drug-likeness (QED) is 0.792. The van der Waals surface area contributed by atoms with Crippen LogP contribution in [-0.4, -0.2) is 25.9 Å². The molecule has 0 bridgehead atoms. The summed E-state index contributed by atoms with van der Waals surface area (Å²) in [4.78, 5) is 11.7. The molecule has 0 atom stereocenters. The molecule has 0 radical (unpaired) electrons. The van der Waals surface area contributed by atoms with Crippen molar-refractivity contribution in [2.75, 3.05) is 25.1 Å². The summed E-state index contributed by atoms with van der Waals surface area (Å²) in [6.45, 7) is 2.87. The molecule has 0 aliphatic carbocycles. The van der Waals surface area contributed by atoms with Crippen LogP contribution in [0.5, 0.6) is 11.5 Å². The number of benzene rings is 2. The lowest BCUT2D eigenvalue weighted by Crippen LogP contribution is -2.18. The Morgan fingerprint density at radius 3 is 2.45 bits per heavy atom. The fourth-order valence-electron chi connectivity index (χ4n) is 1.81. The molecule has 2 aromatic carbocycles. The second-order valence-corrected chi connectivity index (χ2v) is 4.35. The van der Waals surface area contributed by atoms with Gasteiger partial charge in [0.2, 0.25) is 0 Å². The minimum atomic E-state index is -0.538. The Hall–Kier alpha value is -2.69. The van der Waals surface area contributed by atoms with Crippen molar-refractivity contribution in [1.82, 2.24) is 0 Å². The Kier molecular flexibility index (Phi) is 6.11. The normalized spacial score (nSPS) is 9.86. The van der Waals surface area contributed by atoms with Gasteiger partial charge in [0.05, 0.1) is 12.3 Å². The van der Waals surface area contributed by atoms with E-state index in [2.05, 4.69) is 5.32 Å². The maximum Gasteiger partial charge on any atom is 0.411 e. The highest BCUT2D eigenvalue weighted by molar-refractivity contribution is 5.86. The van der Waals surface area contributed by atoms with Crippen molar-refractivity contribution >= 4 is 11.8 Å². The van der Waals surface area contributed by atoms with Crippen molar-refractivity contribution in [2.24, 2.45) is 0 Å². The number of ether oxygens (including phenoxy) is 3. The number of hydrogen-bond acceptors (Lipinski definition) is 4. The Balaban J connectivity index is 1.74. The summed E-state index contributed by atoms with van der Waals surface area (Å²) in [5.41, 5.74) is 0.582. The average molecular weight is 301 g/mol. The smallest absolute Gasteiger partial charge is 0.411 e. The Bertz CT molecular complexity index is 586. The lowest BCUT2D eigenvalue weighted by atomic mass is 10.3. The molecule has 0 heterocycles. The molecule has 116 valence electrons. The topological polar surface area (TPSA) is 56.8 Å². The first-order chi connectivity index (χ1) is 10.8. The van der Waals surface area contributed by atoms with Gasteiger partial charge in [-0.2, -0.15) is 0 Å². The highest BCUT2D eigenvalue weighted by Gasteiger charge is 2.07. The molecule has 2 aromatic rings. The molecule has 0 fully saturated rings. The molecule has 0 saturated heterocycles. The van der Waals surface area contributed by atoms with E-state index in [0.717, 1.165) is 5.75 Å². The Labute approximate surface area is 129 Å². The highest BCUT2D eigenvalue weighted by atomic mass is 16.6. The summed E-state index contributed by atoms with van der Waals surface area (Å²) in [6.07, 6.45) is -0.538. The van der Waals surface area contributed by atoms with Gasteiger partial charge in [-0.05, 0) is 31.2 Å². The van der Waals surface area contributed by atoms with Gasteiger partial charge in [-0.25, -0.2) is 4.79 Å². The molecule has 5 nitrogen and oxygen atoms in total. The lowest BCUT2D eigenvalue weighted by molar-refractivity contribution is 0.137. The van der Waals surface area contributed by atoms with E-state index in [1.165, 1.54) is 0 Å². The third kappa shape index (κ3) is 5.01. The zero-order valence-electron chi connectivity index (χ0n) is 12.5. The van der Waals surface area contributed by atoms with E-state index in [0.29, 0.717) is 24.7 Å². The van der Waals surface area contributed by atoms with Gasteiger partial charge in [0.15, 0.2) is 0 Å². The highest BCUT2D eigenvalue weighted by Crippen LogP contribution is 2.23. The zero-order valence-corrected chi connectivity index (χ0v) is 12.5. The van der Waals surface area contributed by atoms with E-state index < -0.39 is 6.09 Å². The standard InChI is InChI=1S/C17H19NO4/c1-2-20-16-11-7-6-10-15(16)18-17(19)22-13-12-21-14-8-4-3-5-9-14/h3-11H,2,12-13H2,1H3,(H,18,19). The van der Waals surface area contributed by atoms with Crippen LogP contribution in [0.15, 0.2) is 54.6 Å².